The Morgan fingerprint density at radius 2 is 1.93 bits per heavy atom. The van der Waals surface area contributed by atoms with Crippen LogP contribution < -0.4 is 10.6 Å². The number of amides is 4. The summed E-state index contributed by atoms with van der Waals surface area (Å²) in [6, 6.07) is 6.61. The summed E-state index contributed by atoms with van der Waals surface area (Å²) >= 11 is 1.56. The van der Waals surface area contributed by atoms with E-state index in [1.54, 1.807) is 23.3 Å². The lowest BCUT2D eigenvalue weighted by atomic mass is 10.1. The summed E-state index contributed by atoms with van der Waals surface area (Å²) in [4.78, 5) is 42.7. The van der Waals surface area contributed by atoms with Crippen LogP contribution in [0.2, 0.25) is 0 Å². The van der Waals surface area contributed by atoms with E-state index in [9.17, 15) is 14.4 Å². The smallest absolute Gasteiger partial charge is 0.322 e. The molecule has 0 spiro atoms. The van der Waals surface area contributed by atoms with Gasteiger partial charge < -0.3 is 10.2 Å². The number of carbonyl (C=O) groups is 3. The van der Waals surface area contributed by atoms with Crippen molar-refractivity contribution in [2.24, 2.45) is 0 Å². The average Bonchev–Trinajstić information content (AvgIpc) is 3.16. The molecule has 8 heteroatoms. The van der Waals surface area contributed by atoms with E-state index in [0.717, 1.165) is 21.1 Å². The molecule has 1 saturated heterocycles. The molecule has 1 aliphatic rings. The molecule has 2 heterocycles. The molecule has 1 aromatic heterocycles. The van der Waals surface area contributed by atoms with Crippen LogP contribution in [-0.2, 0) is 9.59 Å². The molecule has 1 aromatic carbocycles. The standard InChI is InChI=1S/C19H22N4O3S/c1-10-5-7-13(8-6-10)18-20-11(2)16(27-18)12(3)23(4)15(24)9-14-17(25)22-19(26)21-14/h5-8,12,14H,9H2,1-4H3,(H2,21,22,25,26)/t12?,14-/m0/s1. The molecule has 0 saturated carbocycles. The highest BCUT2D eigenvalue weighted by Gasteiger charge is 2.33. The fourth-order valence-electron chi connectivity index (χ4n) is 2.93. The first-order chi connectivity index (χ1) is 12.8. The number of nitrogens with zero attached hydrogens (tertiary/aromatic N) is 2. The van der Waals surface area contributed by atoms with Crippen LogP contribution in [0.15, 0.2) is 24.3 Å². The number of aryl methyl sites for hydroxylation is 2. The molecule has 0 aliphatic carbocycles. The van der Waals surface area contributed by atoms with E-state index in [4.69, 9.17) is 0 Å². The Morgan fingerprint density at radius 1 is 1.26 bits per heavy atom. The van der Waals surface area contributed by atoms with Crippen molar-refractivity contribution in [3.63, 3.8) is 0 Å². The van der Waals surface area contributed by atoms with Crippen LogP contribution in [0, 0.1) is 13.8 Å². The minimum atomic E-state index is -0.815. The second-order valence-electron chi connectivity index (χ2n) is 6.73. The Kier molecular flexibility index (Phi) is 5.27. The average molecular weight is 386 g/mol. The fraction of sp³-hybridized carbons (Fsp3) is 0.368. The molecule has 0 radical (unpaired) electrons. The lowest BCUT2D eigenvalue weighted by Crippen LogP contribution is -2.38. The maximum absolute atomic E-state index is 12.6. The summed E-state index contributed by atoms with van der Waals surface area (Å²) in [5, 5.41) is 5.51. The van der Waals surface area contributed by atoms with Crippen LogP contribution in [0.25, 0.3) is 10.6 Å². The number of hydrogen-bond acceptors (Lipinski definition) is 5. The van der Waals surface area contributed by atoms with Crippen molar-refractivity contribution >= 4 is 29.2 Å². The van der Waals surface area contributed by atoms with Crippen LogP contribution in [-0.4, -0.2) is 40.8 Å². The number of imide groups is 1. The number of benzene rings is 1. The minimum Gasteiger partial charge on any atom is -0.338 e. The van der Waals surface area contributed by atoms with Gasteiger partial charge in [0.2, 0.25) is 5.91 Å². The molecule has 0 bridgehead atoms. The topological polar surface area (TPSA) is 91.4 Å². The van der Waals surface area contributed by atoms with E-state index in [1.165, 1.54) is 5.56 Å². The molecule has 4 amide bonds. The highest BCUT2D eigenvalue weighted by Crippen LogP contribution is 2.34. The van der Waals surface area contributed by atoms with Gasteiger partial charge in [-0.3, -0.25) is 14.9 Å². The van der Waals surface area contributed by atoms with Gasteiger partial charge in [0.25, 0.3) is 5.91 Å². The maximum atomic E-state index is 12.6. The third kappa shape index (κ3) is 4.00. The predicted molar refractivity (Wildman–Crippen MR) is 103 cm³/mol. The first kappa shape index (κ1) is 19.0. The third-order valence-corrected chi connectivity index (χ3v) is 6.10. The second-order valence-corrected chi connectivity index (χ2v) is 7.77. The molecule has 1 fully saturated rings. The third-order valence-electron chi connectivity index (χ3n) is 4.72. The molecule has 3 rings (SSSR count). The molecule has 1 unspecified atom stereocenters. The van der Waals surface area contributed by atoms with E-state index >= 15 is 0 Å². The van der Waals surface area contributed by atoms with Crippen LogP contribution in [0.4, 0.5) is 4.79 Å². The molecule has 27 heavy (non-hydrogen) atoms. The van der Waals surface area contributed by atoms with Gasteiger partial charge >= 0.3 is 6.03 Å². The minimum absolute atomic E-state index is 0.0684. The summed E-state index contributed by atoms with van der Waals surface area (Å²) < 4.78 is 0. The van der Waals surface area contributed by atoms with E-state index in [1.807, 2.05) is 45.0 Å². The van der Waals surface area contributed by atoms with Crippen molar-refractivity contribution in [2.45, 2.75) is 39.3 Å². The van der Waals surface area contributed by atoms with Gasteiger partial charge in [0.05, 0.1) is 23.0 Å². The molecular formula is C19H22N4O3S. The maximum Gasteiger partial charge on any atom is 0.322 e. The lowest BCUT2D eigenvalue weighted by molar-refractivity contribution is -0.134. The summed E-state index contributed by atoms with van der Waals surface area (Å²) in [6.07, 6.45) is -0.0684. The Hall–Kier alpha value is -2.74. The van der Waals surface area contributed by atoms with Gasteiger partial charge in [-0.2, -0.15) is 0 Å². The molecule has 142 valence electrons. The van der Waals surface area contributed by atoms with E-state index < -0.39 is 18.0 Å². The Balaban J connectivity index is 1.73. The zero-order chi connectivity index (χ0) is 19.7. The summed E-state index contributed by atoms with van der Waals surface area (Å²) in [6.45, 7) is 5.91. The molecule has 2 atom stereocenters. The highest BCUT2D eigenvalue weighted by atomic mass is 32.1. The van der Waals surface area contributed by atoms with Gasteiger partial charge in [0.15, 0.2) is 0 Å². The van der Waals surface area contributed by atoms with Gasteiger partial charge in [0, 0.05) is 12.6 Å². The Morgan fingerprint density at radius 3 is 2.52 bits per heavy atom. The van der Waals surface area contributed by atoms with Gasteiger partial charge in [-0.15, -0.1) is 11.3 Å². The van der Waals surface area contributed by atoms with Crippen molar-refractivity contribution in [3.8, 4) is 10.6 Å². The summed E-state index contributed by atoms with van der Waals surface area (Å²) in [5.41, 5.74) is 3.12. The Bertz CT molecular complexity index is 891. The monoisotopic (exact) mass is 386 g/mol. The van der Waals surface area contributed by atoms with Gasteiger partial charge in [-0.25, -0.2) is 9.78 Å². The summed E-state index contributed by atoms with van der Waals surface area (Å²) in [5.74, 6) is -0.681. The predicted octanol–water partition coefficient (Wildman–Crippen LogP) is 2.54. The largest absolute Gasteiger partial charge is 0.338 e. The zero-order valence-electron chi connectivity index (χ0n) is 15.7. The Labute approximate surface area is 161 Å². The first-order valence-electron chi connectivity index (χ1n) is 8.67. The molecular weight excluding hydrogens is 364 g/mol. The number of urea groups is 1. The van der Waals surface area contributed by atoms with E-state index in [0.29, 0.717) is 0 Å². The quantitative estimate of drug-likeness (QED) is 0.773. The van der Waals surface area contributed by atoms with Crippen molar-refractivity contribution < 1.29 is 14.4 Å². The molecule has 2 aromatic rings. The van der Waals surface area contributed by atoms with E-state index in [2.05, 4.69) is 15.6 Å². The van der Waals surface area contributed by atoms with Crippen molar-refractivity contribution in [3.05, 3.63) is 40.4 Å². The number of carbonyl (C=O) groups excluding carboxylic acids is 3. The molecule has 1 aliphatic heterocycles. The van der Waals surface area contributed by atoms with Crippen molar-refractivity contribution in [1.29, 1.82) is 0 Å². The number of aromatic nitrogens is 1. The fourth-order valence-corrected chi connectivity index (χ4v) is 4.10. The normalized spacial score (nSPS) is 17.4. The van der Waals surface area contributed by atoms with Gasteiger partial charge in [-0.1, -0.05) is 29.8 Å². The van der Waals surface area contributed by atoms with Gasteiger partial charge in [-0.05, 0) is 20.8 Å². The summed E-state index contributed by atoms with van der Waals surface area (Å²) in [7, 11) is 1.70. The first-order valence-corrected chi connectivity index (χ1v) is 9.49. The molecule has 7 nitrogen and oxygen atoms in total. The number of nitrogens with one attached hydrogen (secondary N) is 2. The highest BCUT2D eigenvalue weighted by molar-refractivity contribution is 7.15. The van der Waals surface area contributed by atoms with Crippen LogP contribution in [0.3, 0.4) is 0 Å². The van der Waals surface area contributed by atoms with Crippen LogP contribution in [0.1, 0.15) is 35.5 Å². The van der Waals surface area contributed by atoms with E-state index in [-0.39, 0.29) is 18.4 Å². The van der Waals surface area contributed by atoms with Crippen LogP contribution >= 0.6 is 11.3 Å². The second kappa shape index (κ2) is 7.48. The molecule has 2 N–H and O–H groups in total. The lowest BCUT2D eigenvalue weighted by Gasteiger charge is -2.25. The van der Waals surface area contributed by atoms with Crippen LogP contribution in [0.5, 0.6) is 0 Å². The SMILES string of the molecule is Cc1ccc(-c2nc(C)c(C(C)N(C)C(=O)C[C@@H]3NC(=O)NC3=O)s2)cc1. The number of thiazole rings is 1. The zero-order valence-corrected chi connectivity index (χ0v) is 16.5. The number of rotatable bonds is 5. The van der Waals surface area contributed by atoms with Crippen molar-refractivity contribution in [1.82, 2.24) is 20.5 Å². The van der Waals surface area contributed by atoms with Gasteiger partial charge in [0.1, 0.15) is 11.0 Å². The van der Waals surface area contributed by atoms with Crippen molar-refractivity contribution in [2.75, 3.05) is 7.05 Å². The number of hydrogen-bond donors (Lipinski definition) is 2.